The number of nitrogens with one attached hydrogen (secondary N) is 2. The lowest BCUT2D eigenvalue weighted by molar-refractivity contribution is 0.102. The van der Waals surface area contributed by atoms with Gasteiger partial charge in [-0.3, -0.25) is 9.78 Å². The molecule has 0 aliphatic carbocycles. The molecule has 1 aromatic heterocycles. The van der Waals surface area contributed by atoms with Gasteiger partial charge in [-0.25, -0.2) is 4.39 Å². The Bertz CT molecular complexity index is 948. The summed E-state index contributed by atoms with van der Waals surface area (Å²) >= 11 is 5.78. The summed E-state index contributed by atoms with van der Waals surface area (Å²) in [6.07, 6.45) is 1.51. The van der Waals surface area contributed by atoms with E-state index >= 15 is 0 Å². The molecule has 1 heterocycles. The van der Waals surface area contributed by atoms with E-state index < -0.39 is 5.82 Å². The Hall–Kier alpha value is -3.12. The largest absolute Gasteiger partial charge is 0.494 e. The minimum absolute atomic E-state index is 0.0162. The quantitative estimate of drug-likeness (QED) is 0.606. The van der Waals surface area contributed by atoms with E-state index in [0.29, 0.717) is 23.7 Å². The van der Waals surface area contributed by atoms with Crippen molar-refractivity contribution in [2.75, 3.05) is 17.2 Å². The number of aromatic nitrogens is 1. The highest BCUT2D eigenvalue weighted by Gasteiger charge is 2.09. The molecule has 0 fully saturated rings. The minimum Gasteiger partial charge on any atom is -0.494 e. The molecule has 0 bridgehead atoms. The maximum Gasteiger partial charge on any atom is 0.274 e. The number of hydrogen-bond donors (Lipinski definition) is 2. The lowest BCUT2D eigenvalue weighted by Crippen LogP contribution is -2.13. The summed E-state index contributed by atoms with van der Waals surface area (Å²) in [6, 6.07) is 14.7. The summed E-state index contributed by atoms with van der Waals surface area (Å²) in [7, 11) is 0. The second-order valence-electron chi connectivity index (χ2n) is 5.60. The Morgan fingerprint density at radius 1 is 1.07 bits per heavy atom. The van der Waals surface area contributed by atoms with Crippen LogP contribution in [0.1, 0.15) is 17.4 Å². The molecule has 5 nitrogen and oxygen atoms in total. The van der Waals surface area contributed by atoms with Crippen LogP contribution in [0, 0.1) is 5.82 Å². The monoisotopic (exact) mass is 385 g/mol. The first-order chi connectivity index (χ1) is 13.0. The molecule has 1 amide bonds. The zero-order valence-corrected chi connectivity index (χ0v) is 15.3. The van der Waals surface area contributed by atoms with E-state index in [0.717, 1.165) is 5.75 Å². The first-order valence-electron chi connectivity index (χ1n) is 8.27. The molecule has 2 N–H and O–H groups in total. The van der Waals surface area contributed by atoms with Crippen molar-refractivity contribution < 1.29 is 13.9 Å². The van der Waals surface area contributed by atoms with Crippen LogP contribution < -0.4 is 15.4 Å². The van der Waals surface area contributed by atoms with Crippen molar-refractivity contribution in [2.24, 2.45) is 0 Å². The number of ether oxygens (including phenoxy) is 1. The van der Waals surface area contributed by atoms with E-state index in [-0.39, 0.29) is 16.6 Å². The molecule has 0 unspecified atom stereocenters. The maximum absolute atomic E-state index is 13.3. The van der Waals surface area contributed by atoms with Crippen molar-refractivity contribution in [1.82, 2.24) is 4.98 Å². The van der Waals surface area contributed by atoms with Gasteiger partial charge in [0.15, 0.2) is 0 Å². The molecule has 27 heavy (non-hydrogen) atoms. The lowest BCUT2D eigenvalue weighted by Gasteiger charge is -2.09. The molecule has 138 valence electrons. The maximum atomic E-state index is 13.3. The average molecular weight is 386 g/mol. The third-order valence-electron chi connectivity index (χ3n) is 3.62. The molecular weight excluding hydrogens is 369 g/mol. The zero-order valence-electron chi connectivity index (χ0n) is 14.5. The molecule has 2 aromatic carbocycles. The summed E-state index contributed by atoms with van der Waals surface area (Å²) in [5.41, 5.74) is 2.10. The fraction of sp³-hybridized carbons (Fsp3) is 0.100. The van der Waals surface area contributed by atoms with Crippen molar-refractivity contribution in [2.45, 2.75) is 6.92 Å². The van der Waals surface area contributed by atoms with Crippen LogP contribution in [0.4, 0.5) is 21.5 Å². The summed E-state index contributed by atoms with van der Waals surface area (Å²) in [6.45, 7) is 2.48. The third-order valence-corrected chi connectivity index (χ3v) is 3.91. The van der Waals surface area contributed by atoms with Gasteiger partial charge in [0.2, 0.25) is 0 Å². The highest BCUT2D eigenvalue weighted by molar-refractivity contribution is 6.31. The van der Waals surface area contributed by atoms with E-state index in [9.17, 15) is 9.18 Å². The lowest BCUT2D eigenvalue weighted by atomic mass is 10.2. The number of benzene rings is 2. The number of amides is 1. The summed E-state index contributed by atoms with van der Waals surface area (Å²) in [5.74, 6) is -0.106. The van der Waals surface area contributed by atoms with Crippen LogP contribution in [0.3, 0.4) is 0 Å². The number of rotatable bonds is 6. The van der Waals surface area contributed by atoms with Gasteiger partial charge < -0.3 is 15.4 Å². The van der Waals surface area contributed by atoms with Crippen molar-refractivity contribution in [3.8, 4) is 5.75 Å². The van der Waals surface area contributed by atoms with E-state index in [1.807, 2.05) is 6.92 Å². The van der Waals surface area contributed by atoms with Gasteiger partial charge in [0.1, 0.15) is 17.3 Å². The summed E-state index contributed by atoms with van der Waals surface area (Å²) in [4.78, 5) is 16.5. The SMILES string of the molecule is CCOc1ccc(NC(=O)c2cc(Nc3ccc(F)c(Cl)c3)ccn2)cc1. The van der Waals surface area contributed by atoms with Crippen molar-refractivity contribution in [1.29, 1.82) is 0 Å². The first-order valence-corrected chi connectivity index (χ1v) is 8.65. The Balaban J connectivity index is 1.70. The molecule has 3 aromatic rings. The normalized spacial score (nSPS) is 10.3. The number of nitrogens with zero attached hydrogens (tertiary/aromatic N) is 1. The number of anilines is 3. The zero-order chi connectivity index (χ0) is 19.2. The number of hydrogen-bond acceptors (Lipinski definition) is 4. The Morgan fingerprint density at radius 2 is 1.78 bits per heavy atom. The molecule has 0 atom stereocenters. The Morgan fingerprint density at radius 3 is 2.48 bits per heavy atom. The van der Waals surface area contributed by atoms with Gasteiger partial charge in [-0.05, 0) is 61.5 Å². The number of pyridine rings is 1. The van der Waals surface area contributed by atoms with Gasteiger partial charge in [-0.15, -0.1) is 0 Å². The minimum atomic E-state index is -0.493. The van der Waals surface area contributed by atoms with Gasteiger partial charge in [-0.2, -0.15) is 0 Å². The van der Waals surface area contributed by atoms with E-state index in [2.05, 4.69) is 15.6 Å². The molecular formula is C20H17ClFN3O2. The number of halogens is 2. The van der Waals surface area contributed by atoms with Crippen LogP contribution in [-0.2, 0) is 0 Å². The Labute approximate surface area is 161 Å². The number of carbonyl (C=O) groups excluding carboxylic acids is 1. The molecule has 3 rings (SSSR count). The predicted molar refractivity (Wildman–Crippen MR) is 104 cm³/mol. The molecule has 0 saturated heterocycles. The van der Waals surface area contributed by atoms with E-state index in [1.165, 1.54) is 18.3 Å². The van der Waals surface area contributed by atoms with Crippen LogP contribution in [0.15, 0.2) is 60.8 Å². The highest BCUT2D eigenvalue weighted by Crippen LogP contribution is 2.23. The van der Waals surface area contributed by atoms with Crippen LogP contribution in [0.5, 0.6) is 5.75 Å². The van der Waals surface area contributed by atoms with E-state index in [4.69, 9.17) is 16.3 Å². The van der Waals surface area contributed by atoms with Gasteiger partial charge in [-0.1, -0.05) is 11.6 Å². The van der Waals surface area contributed by atoms with Crippen molar-refractivity contribution in [3.05, 3.63) is 77.3 Å². The smallest absolute Gasteiger partial charge is 0.274 e. The van der Waals surface area contributed by atoms with Crippen molar-refractivity contribution in [3.63, 3.8) is 0 Å². The van der Waals surface area contributed by atoms with Crippen LogP contribution in [0.2, 0.25) is 5.02 Å². The third kappa shape index (κ3) is 4.95. The highest BCUT2D eigenvalue weighted by atomic mass is 35.5. The number of carbonyl (C=O) groups is 1. The van der Waals surface area contributed by atoms with Gasteiger partial charge in [0, 0.05) is 23.3 Å². The second-order valence-corrected chi connectivity index (χ2v) is 6.00. The Kier molecular flexibility index (Phi) is 5.88. The van der Waals surface area contributed by atoms with Gasteiger partial charge in [0.05, 0.1) is 11.6 Å². The fourth-order valence-corrected chi connectivity index (χ4v) is 2.55. The van der Waals surface area contributed by atoms with Crippen LogP contribution in [-0.4, -0.2) is 17.5 Å². The summed E-state index contributed by atoms with van der Waals surface area (Å²) in [5, 5.41) is 5.86. The standard InChI is InChI=1S/C20H17ClFN3O2/c1-2-27-16-6-3-13(4-7-16)25-20(26)19-12-15(9-10-23-19)24-14-5-8-18(22)17(21)11-14/h3-12H,2H2,1H3,(H,23,24)(H,25,26). The topological polar surface area (TPSA) is 63.2 Å². The second kappa shape index (κ2) is 8.51. The predicted octanol–water partition coefficient (Wildman–Crippen LogP) is 5.27. The van der Waals surface area contributed by atoms with Crippen LogP contribution in [0.25, 0.3) is 0 Å². The van der Waals surface area contributed by atoms with Gasteiger partial charge in [0.25, 0.3) is 5.91 Å². The molecule has 0 spiro atoms. The average Bonchev–Trinajstić information content (AvgIpc) is 2.67. The molecule has 0 aliphatic heterocycles. The molecule has 0 aliphatic rings. The first kappa shape index (κ1) is 18.7. The van der Waals surface area contributed by atoms with E-state index in [1.54, 1.807) is 42.5 Å². The van der Waals surface area contributed by atoms with Gasteiger partial charge >= 0.3 is 0 Å². The molecule has 0 radical (unpaired) electrons. The van der Waals surface area contributed by atoms with Crippen LogP contribution >= 0.6 is 11.6 Å². The summed E-state index contributed by atoms with van der Waals surface area (Å²) < 4.78 is 18.6. The molecule has 0 saturated carbocycles. The fourth-order valence-electron chi connectivity index (χ4n) is 2.37. The molecule has 7 heteroatoms. The van der Waals surface area contributed by atoms with Crippen molar-refractivity contribution >= 4 is 34.6 Å².